The van der Waals surface area contributed by atoms with Gasteiger partial charge >= 0.3 is 0 Å². The van der Waals surface area contributed by atoms with Gasteiger partial charge in [0.15, 0.2) is 0 Å². The molecule has 0 atom stereocenters. The minimum absolute atomic E-state index is 0.899. The van der Waals surface area contributed by atoms with Crippen LogP contribution in [0.3, 0.4) is 0 Å². The summed E-state index contributed by atoms with van der Waals surface area (Å²) in [4.78, 5) is 0. The Morgan fingerprint density at radius 2 is 0.714 bits per heavy atom. The van der Waals surface area contributed by atoms with Crippen LogP contribution in [0.4, 0.5) is 0 Å². The lowest BCUT2D eigenvalue weighted by Gasteiger charge is -2.19. The van der Waals surface area contributed by atoms with Crippen LogP contribution in [0.5, 0.6) is 0 Å². The molecule has 0 amide bonds. The van der Waals surface area contributed by atoms with Gasteiger partial charge < -0.3 is 8.83 Å². The van der Waals surface area contributed by atoms with Crippen molar-refractivity contribution in [2.45, 2.75) is 0 Å². The van der Waals surface area contributed by atoms with Crippen molar-refractivity contribution < 1.29 is 8.83 Å². The van der Waals surface area contributed by atoms with Gasteiger partial charge in [-0.2, -0.15) is 0 Å². The Kier molecular flexibility index (Phi) is 6.66. The first-order valence-electron chi connectivity index (χ1n) is 19.2. The number of para-hydroxylation sites is 2. The van der Waals surface area contributed by atoms with Gasteiger partial charge in [-0.1, -0.05) is 146 Å². The Hall–Kier alpha value is -7.42. The van der Waals surface area contributed by atoms with Gasteiger partial charge in [0.05, 0.1) is 0 Å². The Labute approximate surface area is 322 Å². The lowest BCUT2D eigenvalue weighted by Crippen LogP contribution is -1.92. The van der Waals surface area contributed by atoms with Gasteiger partial charge in [0.25, 0.3) is 0 Å². The van der Waals surface area contributed by atoms with Crippen LogP contribution in [0.15, 0.2) is 203 Å². The molecule has 2 nitrogen and oxygen atoms in total. The average Bonchev–Trinajstić information content (AvgIpc) is 3.83. The number of hydrogen-bond donors (Lipinski definition) is 0. The van der Waals surface area contributed by atoms with Crippen LogP contribution >= 0.6 is 0 Å². The molecule has 0 aliphatic heterocycles. The van der Waals surface area contributed by atoms with E-state index in [9.17, 15) is 0 Å². The summed E-state index contributed by atoms with van der Waals surface area (Å²) in [6.45, 7) is 0. The summed E-state index contributed by atoms with van der Waals surface area (Å²) in [5.74, 6) is 0. The predicted molar refractivity (Wildman–Crippen MR) is 235 cm³/mol. The van der Waals surface area contributed by atoms with Gasteiger partial charge in [-0.15, -0.1) is 0 Å². The first kappa shape index (κ1) is 31.0. The molecule has 10 aromatic carbocycles. The zero-order valence-electron chi connectivity index (χ0n) is 30.3. The van der Waals surface area contributed by atoms with Crippen LogP contribution in [0.25, 0.3) is 121 Å². The smallest absolute Gasteiger partial charge is 0.135 e. The Bertz CT molecular complexity index is 3360. The van der Waals surface area contributed by atoms with E-state index < -0.39 is 0 Å². The number of rotatable bonds is 4. The maximum absolute atomic E-state index is 6.26. The van der Waals surface area contributed by atoms with E-state index in [0.717, 1.165) is 55.0 Å². The number of fused-ring (bicyclic) bond motifs is 9. The van der Waals surface area contributed by atoms with Gasteiger partial charge in [-0.25, -0.2) is 0 Å². The zero-order valence-corrected chi connectivity index (χ0v) is 30.3. The second-order valence-electron chi connectivity index (χ2n) is 14.8. The minimum atomic E-state index is 0.899. The van der Waals surface area contributed by atoms with Crippen LogP contribution in [-0.2, 0) is 0 Å². The third-order valence-corrected chi connectivity index (χ3v) is 11.7. The number of benzene rings is 10. The van der Waals surface area contributed by atoms with Crippen molar-refractivity contribution in [3.05, 3.63) is 194 Å². The molecule has 0 radical (unpaired) electrons. The van der Waals surface area contributed by atoms with Gasteiger partial charge in [0, 0.05) is 21.5 Å². The highest BCUT2D eigenvalue weighted by atomic mass is 16.3. The van der Waals surface area contributed by atoms with E-state index in [2.05, 4.69) is 170 Å². The summed E-state index contributed by atoms with van der Waals surface area (Å²) >= 11 is 0. The Balaban J connectivity index is 1.18. The van der Waals surface area contributed by atoms with Crippen LogP contribution in [0, 0.1) is 0 Å². The maximum Gasteiger partial charge on any atom is 0.135 e. The molecule has 0 saturated carbocycles. The first-order chi connectivity index (χ1) is 27.7. The minimum Gasteiger partial charge on any atom is -0.456 e. The Morgan fingerprint density at radius 1 is 0.232 bits per heavy atom. The van der Waals surface area contributed by atoms with Gasteiger partial charge in [0.1, 0.15) is 22.3 Å². The first-order valence-corrected chi connectivity index (χ1v) is 19.2. The quantitative estimate of drug-likeness (QED) is 0.170. The molecule has 260 valence electrons. The summed E-state index contributed by atoms with van der Waals surface area (Å²) in [6, 6.07) is 70.2. The molecule has 0 spiro atoms. The molecule has 2 aromatic heterocycles. The molecule has 56 heavy (non-hydrogen) atoms. The molecule has 0 aliphatic carbocycles. The molecule has 0 N–H and O–H groups in total. The highest BCUT2D eigenvalue weighted by molar-refractivity contribution is 6.22. The lowest BCUT2D eigenvalue weighted by atomic mass is 9.84. The van der Waals surface area contributed by atoms with Gasteiger partial charge in [-0.05, 0) is 125 Å². The van der Waals surface area contributed by atoms with Crippen molar-refractivity contribution >= 4 is 76.2 Å². The van der Waals surface area contributed by atoms with E-state index in [1.807, 2.05) is 24.3 Å². The van der Waals surface area contributed by atoms with Crippen molar-refractivity contribution in [2.75, 3.05) is 0 Å². The van der Waals surface area contributed by atoms with E-state index in [0.29, 0.717) is 0 Å². The molecule has 2 heteroatoms. The largest absolute Gasteiger partial charge is 0.456 e. The second-order valence-corrected chi connectivity index (χ2v) is 14.8. The summed E-state index contributed by atoms with van der Waals surface area (Å²) in [7, 11) is 0. The monoisotopic (exact) mass is 712 g/mol. The van der Waals surface area contributed by atoms with Crippen molar-refractivity contribution in [1.82, 2.24) is 0 Å². The van der Waals surface area contributed by atoms with E-state index in [1.165, 1.54) is 65.7 Å². The van der Waals surface area contributed by atoms with Crippen molar-refractivity contribution in [1.29, 1.82) is 0 Å². The summed E-state index contributed by atoms with van der Waals surface area (Å²) in [6.07, 6.45) is 0. The maximum atomic E-state index is 6.26. The van der Waals surface area contributed by atoms with Crippen LogP contribution < -0.4 is 0 Å². The van der Waals surface area contributed by atoms with Gasteiger partial charge in [0.2, 0.25) is 0 Å². The highest BCUT2D eigenvalue weighted by Crippen LogP contribution is 2.46. The van der Waals surface area contributed by atoms with E-state index >= 15 is 0 Å². The molecule has 0 saturated heterocycles. The third kappa shape index (κ3) is 4.69. The molecule has 2 heterocycles. The standard InChI is InChI=1S/C54H32O2/c1-2-11-33(12-3-1)35-24-23-34-13-8-18-42(45(34)29-35)54-43-19-9-16-38(36-25-27-52-48(30-36)40-14-4-6-21-50(40)55-52)46(43)32-47-39(17-10-20-44(47)54)37-26-28-53-49(31-37)41-15-5-7-22-51(41)56-53/h1-32H. The number of furan rings is 2. The molecular formula is C54H32O2. The van der Waals surface area contributed by atoms with Crippen LogP contribution in [0.1, 0.15) is 0 Å². The molecule has 12 rings (SSSR count). The molecule has 0 fully saturated rings. The lowest BCUT2D eigenvalue weighted by molar-refractivity contribution is 0.668. The molecule has 0 unspecified atom stereocenters. The molecular weight excluding hydrogens is 681 g/mol. The summed E-state index contributed by atoms with van der Waals surface area (Å²) in [5, 5.41) is 11.8. The average molecular weight is 713 g/mol. The molecule has 0 aliphatic rings. The third-order valence-electron chi connectivity index (χ3n) is 11.7. The molecule has 0 bridgehead atoms. The second kappa shape index (κ2) is 12.0. The Morgan fingerprint density at radius 3 is 1.34 bits per heavy atom. The van der Waals surface area contributed by atoms with E-state index in [1.54, 1.807) is 0 Å². The van der Waals surface area contributed by atoms with E-state index in [4.69, 9.17) is 8.83 Å². The molecule has 12 aromatic rings. The summed E-state index contributed by atoms with van der Waals surface area (Å²) in [5.41, 5.74) is 13.2. The predicted octanol–water partition coefficient (Wildman–Crippen LogP) is 15.6. The SMILES string of the molecule is c1ccc(-c2ccc3cccc(-c4c5cccc(-c6ccc7oc8ccccc8c7c6)c5cc5c(-c6ccc7oc8ccccc8c7c6)cccc45)c3c2)cc1. The summed E-state index contributed by atoms with van der Waals surface area (Å²) < 4.78 is 12.5. The highest BCUT2D eigenvalue weighted by Gasteiger charge is 2.19. The van der Waals surface area contributed by atoms with Gasteiger partial charge in [-0.3, -0.25) is 0 Å². The van der Waals surface area contributed by atoms with Crippen molar-refractivity contribution in [3.8, 4) is 44.5 Å². The number of hydrogen-bond acceptors (Lipinski definition) is 2. The van der Waals surface area contributed by atoms with Crippen LogP contribution in [-0.4, -0.2) is 0 Å². The van der Waals surface area contributed by atoms with E-state index in [-0.39, 0.29) is 0 Å². The fraction of sp³-hybridized carbons (Fsp3) is 0. The topological polar surface area (TPSA) is 26.3 Å². The zero-order chi connectivity index (χ0) is 36.7. The van der Waals surface area contributed by atoms with Crippen LogP contribution in [0.2, 0.25) is 0 Å². The normalized spacial score (nSPS) is 11.9. The van der Waals surface area contributed by atoms with Crippen molar-refractivity contribution in [3.63, 3.8) is 0 Å². The fourth-order valence-corrected chi connectivity index (χ4v) is 9.05. The fourth-order valence-electron chi connectivity index (χ4n) is 9.05. The van der Waals surface area contributed by atoms with Crippen molar-refractivity contribution in [2.24, 2.45) is 0 Å².